The van der Waals surface area contributed by atoms with Crippen LogP contribution in [0.5, 0.6) is 0 Å². The van der Waals surface area contributed by atoms with E-state index in [1.807, 2.05) is 0 Å². The first-order valence-electron chi connectivity index (χ1n) is 6.80. The van der Waals surface area contributed by atoms with Crippen molar-refractivity contribution >= 4 is 27.5 Å². The van der Waals surface area contributed by atoms with Gasteiger partial charge in [-0.25, -0.2) is 8.42 Å². The van der Waals surface area contributed by atoms with Crippen molar-refractivity contribution in [1.82, 2.24) is 9.21 Å². The van der Waals surface area contributed by atoms with E-state index in [4.69, 9.17) is 11.6 Å². The molecule has 1 heterocycles. The number of hydrogen-bond donors (Lipinski definition) is 0. The van der Waals surface area contributed by atoms with Crippen molar-refractivity contribution in [3.8, 4) is 0 Å². The maximum atomic E-state index is 12.7. The van der Waals surface area contributed by atoms with Crippen molar-refractivity contribution in [3.05, 3.63) is 29.3 Å². The van der Waals surface area contributed by atoms with Gasteiger partial charge in [-0.3, -0.25) is 4.79 Å². The summed E-state index contributed by atoms with van der Waals surface area (Å²) in [5.41, 5.74) is 0. The molecule has 0 bridgehead atoms. The Morgan fingerprint density at radius 2 is 2.00 bits per heavy atom. The molecule has 1 fully saturated rings. The molecule has 1 aromatic carbocycles. The van der Waals surface area contributed by atoms with Crippen LogP contribution in [0.1, 0.15) is 12.8 Å². The molecule has 0 saturated carbocycles. The van der Waals surface area contributed by atoms with Gasteiger partial charge in [0.1, 0.15) is 4.90 Å². The van der Waals surface area contributed by atoms with Crippen molar-refractivity contribution in [2.24, 2.45) is 5.92 Å². The largest absolute Gasteiger partial charge is 0.349 e. The summed E-state index contributed by atoms with van der Waals surface area (Å²) >= 11 is 6.00. The molecule has 0 unspecified atom stereocenters. The summed E-state index contributed by atoms with van der Waals surface area (Å²) in [6.45, 7) is 0.634. The molecule has 2 rings (SSSR count). The highest BCUT2D eigenvalue weighted by Crippen LogP contribution is 2.28. The third kappa shape index (κ3) is 3.39. The molecule has 0 radical (unpaired) electrons. The number of carbonyl (C=O) groups excluding carboxylic acids is 1. The Bertz CT molecular complexity index is 631. The van der Waals surface area contributed by atoms with Crippen molar-refractivity contribution in [1.29, 1.82) is 0 Å². The average Bonchev–Trinajstić information content (AvgIpc) is 2.46. The number of benzene rings is 1. The number of amides is 1. The Morgan fingerprint density at radius 3 is 2.62 bits per heavy atom. The van der Waals surface area contributed by atoms with Gasteiger partial charge >= 0.3 is 0 Å². The standard InChI is InChI=1S/C14H19ClN2O3S/c1-16(2)14(18)11-6-5-9-17(10-11)21(19,20)13-8-4-3-7-12(13)15/h3-4,7-8,11H,5-6,9-10H2,1-2H3/t11-/m0/s1. The third-order valence-corrected chi connectivity index (χ3v) is 5.99. The second-order valence-corrected chi connectivity index (χ2v) is 7.68. The summed E-state index contributed by atoms with van der Waals surface area (Å²) in [7, 11) is -0.285. The van der Waals surface area contributed by atoms with E-state index in [2.05, 4.69) is 0 Å². The Labute approximate surface area is 130 Å². The number of piperidine rings is 1. The smallest absolute Gasteiger partial charge is 0.244 e. The molecule has 1 atom stereocenters. The van der Waals surface area contributed by atoms with Crippen LogP contribution < -0.4 is 0 Å². The molecule has 116 valence electrons. The number of hydrogen-bond acceptors (Lipinski definition) is 3. The van der Waals surface area contributed by atoms with Crippen LogP contribution >= 0.6 is 11.6 Å². The van der Waals surface area contributed by atoms with Crippen molar-refractivity contribution in [2.75, 3.05) is 27.2 Å². The zero-order chi connectivity index (χ0) is 15.6. The lowest BCUT2D eigenvalue weighted by Gasteiger charge is -2.32. The topological polar surface area (TPSA) is 57.7 Å². The SMILES string of the molecule is CN(C)C(=O)[C@H]1CCCN(S(=O)(=O)c2ccccc2Cl)C1. The van der Waals surface area contributed by atoms with Crippen LogP contribution in [0.25, 0.3) is 0 Å². The predicted octanol–water partition coefficient (Wildman–Crippen LogP) is 1.83. The number of halogens is 1. The summed E-state index contributed by atoms with van der Waals surface area (Å²) < 4.78 is 26.7. The van der Waals surface area contributed by atoms with E-state index in [-0.39, 0.29) is 28.3 Å². The molecule has 0 spiro atoms. The van der Waals surface area contributed by atoms with E-state index < -0.39 is 10.0 Å². The molecule has 5 nitrogen and oxygen atoms in total. The zero-order valence-corrected chi connectivity index (χ0v) is 13.7. The molecule has 0 aliphatic carbocycles. The second-order valence-electron chi connectivity index (χ2n) is 5.37. The minimum absolute atomic E-state index is 0.0333. The number of rotatable bonds is 3. The molecule has 21 heavy (non-hydrogen) atoms. The van der Waals surface area contributed by atoms with Crippen LogP contribution in [0.4, 0.5) is 0 Å². The summed E-state index contributed by atoms with van der Waals surface area (Å²) in [5.74, 6) is -0.319. The third-order valence-electron chi connectivity index (χ3n) is 3.63. The molecule has 1 aliphatic heterocycles. The molecule has 0 N–H and O–H groups in total. The lowest BCUT2D eigenvalue weighted by molar-refractivity contribution is -0.134. The second kappa shape index (κ2) is 6.34. The summed E-state index contributed by atoms with van der Waals surface area (Å²) in [5, 5.41) is 0.207. The number of sulfonamides is 1. The van der Waals surface area contributed by atoms with Gasteiger partial charge < -0.3 is 4.90 Å². The number of carbonyl (C=O) groups is 1. The van der Waals surface area contributed by atoms with E-state index in [0.29, 0.717) is 19.4 Å². The van der Waals surface area contributed by atoms with E-state index in [1.165, 1.54) is 15.3 Å². The minimum Gasteiger partial charge on any atom is -0.349 e. The van der Waals surface area contributed by atoms with Crippen molar-refractivity contribution < 1.29 is 13.2 Å². The lowest BCUT2D eigenvalue weighted by Crippen LogP contribution is -2.45. The van der Waals surface area contributed by atoms with Gasteiger partial charge in [0.25, 0.3) is 0 Å². The van der Waals surface area contributed by atoms with Crippen LogP contribution in [0.15, 0.2) is 29.2 Å². The van der Waals surface area contributed by atoms with Gasteiger partial charge in [0.05, 0.1) is 10.9 Å². The van der Waals surface area contributed by atoms with E-state index in [9.17, 15) is 13.2 Å². The first-order chi connectivity index (χ1) is 9.84. The Hall–Kier alpha value is -1.11. The molecule has 1 aromatic rings. The Balaban J connectivity index is 2.25. The fourth-order valence-electron chi connectivity index (χ4n) is 2.52. The highest BCUT2D eigenvalue weighted by molar-refractivity contribution is 7.89. The molecule has 1 saturated heterocycles. The normalized spacial score (nSPS) is 20.2. The van der Waals surface area contributed by atoms with E-state index in [0.717, 1.165) is 0 Å². The number of nitrogens with zero attached hydrogens (tertiary/aromatic N) is 2. The van der Waals surface area contributed by atoms with Gasteiger partial charge in [-0.2, -0.15) is 4.31 Å². The molecule has 1 amide bonds. The van der Waals surface area contributed by atoms with Crippen molar-refractivity contribution in [2.45, 2.75) is 17.7 Å². The molecule has 1 aliphatic rings. The maximum absolute atomic E-state index is 12.7. The minimum atomic E-state index is -3.65. The fourth-order valence-corrected chi connectivity index (χ4v) is 4.54. The van der Waals surface area contributed by atoms with Crippen LogP contribution in [-0.4, -0.2) is 50.7 Å². The van der Waals surface area contributed by atoms with Crippen LogP contribution in [0, 0.1) is 5.92 Å². The van der Waals surface area contributed by atoms with Crippen molar-refractivity contribution in [3.63, 3.8) is 0 Å². The van der Waals surface area contributed by atoms with Crippen LogP contribution in [-0.2, 0) is 14.8 Å². The van der Waals surface area contributed by atoms with E-state index >= 15 is 0 Å². The van der Waals surface area contributed by atoms with Crippen LogP contribution in [0.3, 0.4) is 0 Å². The lowest BCUT2D eigenvalue weighted by atomic mass is 9.98. The summed E-state index contributed by atoms with van der Waals surface area (Å²) in [6, 6.07) is 6.39. The maximum Gasteiger partial charge on any atom is 0.244 e. The Kier molecular flexibility index (Phi) is 4.91. The van der Waals surface area contributed by atoms with Gasteiger partial charge in [0, 0.05) is 27.2 Å². The highest BCUT2D eigenvalue weighted by Gasteiger charge is 2.34. The van der Waals surface area contributed by atoms with E-state index in [1.54, 1.807) is 32.3 Å². The quantitative estimate of drug-likeness (QED) is 0.849. The van der Waals surface area contributed by atoms with Gasteiger partial charge in [-0.05, 0) is 25.0 Å². The molecule has 7 heteroatoms. The summed E-state index contributed by atoms with van der Waals surface area (Å²) in [4.78, 5) is 13.7. The average molecular weight is 331 g/mol. The molecule has 0 aromatic heterocycles. The monoisotopic (exact) mass is 330 g/mol. The molecular weight excluding hydrogens is 312 g/mol. The van der Waals surface area contributed by atoms with Gasteiger partial charge in [0.15, 0.2) is 0 Å². The van der Waals surface area contributed by atoms with Crippen LogP contribution in [0.2, 0.25) is 5.02 Å². The van der Waals surface area contributed by atoms with Gasteiger partial charge in [-0.1, -0.05) is 23.7 Å². The molecular formula is C14H19ClN2O3S. The fraction of sp³-hybridized carbons (Fsp3) is 0.500. The zero-order valence-electron chi connectivity index (χ0n) is 12.1. The highest BCUT2D eigenvalue weighted by atomic mass is 35.5. The first-order valence-corrected chi connectivity index (χ1v) is 8.61. The summed E-state index contributed by atoms with van der Waals surface area (Å²) in [6.07, 6.45) is 1.39. The first kappa shape index (κ1) is 16.3. The Morgan fingerprint density at radius 1 is 1.33 bits per heavy atom. The van der Waals surface area contributed by atoms with Gasteiger partial charge in [-0.15, -0.1) is 0 Å². The predicted molar refractivity (Wildman–Crippen MR) is 81.6 cm³/mol. The van der Waals surface area contributed by atoms with Gasteiger partial charge in [0.2, 0.25) is 15.9 Å².